The Hall–Kier alpha value is -2.62. The molecule has 104 valence electrons. The highest BCUT2D eigenvalue weighted by atomic mass is 16.1. The number of hydrogen-bond donors (Lipinski definition) is 1. The zero-order valence-electron chi connectivity index (χ0n) is 11.7. The molecule has 1 aromatic heterocycles. The monoisotopic (exact) mass is 277 g/mol. The third-order valence-electron chi connectivity index (χ3n) is 4.19. The number of hydrogen-bond acceptors (Lipinski definition) is 2. The van der Waals surface area contributed by atoms with Gasteiger partial charge in [0.05, 0.1) is 6.20 Å². The summed E-state index contributed by atoms with van der Waals surface area (Å²) in [6.45, 7) is 0. The van der Waals surface area contributed by atoms with Gasteiger partial charge < -0.3 is 5.32 Å². The van der Waals surface area contributed by atoms with Gasteiger partial charge in [0.25, 0.3) is 0 Å². The predicted molar refractivity (Wildman–Crippen MR) is 82.2 cm³/mol. The predicted octanol–water partition coefficient (Wildman–Crippen LogP) is 3.05. The summed E-state index contributed by atoms with van der Waals surface area (Å²) >= 11 is 0. The van der Waals surface area contributed by atoms with E-state index in [2.05, 4.69) is 40.7 Å². The molecule has 1 N–H and O–H groups in total. The van der Waals surface area contributed by atoms with Gasteiger partial charge in [-0.25, -0.2) is 0 Å². The molecule has 0 bridgehead atoms. The van der Waals surface area contributed by atoms with Crippen LogP contribution in [0.2, 0.25) is 0 Å². The van der Waals surface area contributed by atoms with Gasteiger partial charge in [0.1, 0.15) is 5.82 Å². The summed E-state index contributed by atoms with van der Waals surface area (Å²) in [5.74, 6) is 0.918. The molecule has 1 atom stereocenters. The van der Waals surface area contributed by atoms with Crippen molar-refractivity contribution in [1.29, 1.82) is 0 Å². The first-order valence-electron chi connectivity index (χ1n) is 7.03. The maximum Gasteiger partial charge on any atom is 0.226 e. The third kappa shape index (κ3) is 1.83. The lowest BCUT2D eigenvalue weighted by atomic mass is 9.84. The molecule has 4 heteroatoms. The van der Waals surface area contributed by atoms with Crippen molar-refractivity contribution in [2.75, 3.05) is 5.32 Å². The fraction of sp³-hybridized carbons (Fsp3) is 0.176. The van der Waals surface area contributed by atoms with Crippen LogP contribution in [0.25, 0.3) is 10.8 Å². The zero-order valence-corrected chi connectivity index (χ0v) is 11.7. The van der Waals surface area contributed by atoms with Crippen molar-refractivity contribution in [3.05, 3.63) is 59.8 Å². The number of rotatable bonds is 1. The molecule has 4 nitrogen and oxygen atoms in total. The largest absolute Gasteiger partial charge is 0.311 e. The summed E-state index contributed by atoms with van der Waals surface area (Å²) in [6.07, 6.45) is 2.33. The van der Waals surface area contributed by atoms with Crippen LogP contribution in [-0.2, 0) is 11.8 Å². The van der Waals surface area contributed by atoms with E-state index in [1.807, 2.05) is 25.4 Å². The molecule has 0 fully saturated rings. The fourth-order valence-corrected chi connectivity index (χ4v) is 3.17. The van der Waals surface area contributed by atoms with Crippen molar-refractivity contribution in [3.63, 3.8) is 0 Å². The number of carbonyl (C=O) groups excluding carboxylic acids is 1. The molecular formula is C17H15N3O. The Morgan fingerprint density at radius 2 is 1.95 bits per heavy atom. The van der Waals surface area contributed by atoms with E-state index in [1.165, 1.54) is 16.3 Å². The van der Waals surface area contributed by atoms with Crippen LogP contribution in [0, 0.1) is 0 Å². The highest BCUT2D eigenvalue weighted by molar-refractivity contribution is 5.96. The third-order valence-corrected chi connectivity index (χ3v) is 4.19. The lowest BCUT2D eigenvalue weighted by molar-refractivity contribution is -0.116. The quantitative estimate of drug-likeness (QED) is 0.743. The molecule has 0 saturated carbocycles. The maximum absolute atomic E-state index is 12.0. The van der Waals surface area contributed by atoms with Gasteiger partial charge in [-0.05, 0) is 16.3 Å². The minimum atomic E-state index is 0.0454. The number of fused-ring (bicyclic) bond motifs is 2. The van der Waals surface area contributed by atoms with Gasteiger partial charge in [0, 0.05) is 24.9 Å². The number of carbonyl (C=O) groups is 1. The van der Waals surface area contributed by atoms with Crippen LogP contribution in [0.5, 0.6) is 0 Å². The highest BCUT2D eigenvalue weighted by Gasteiger charge is 2.30. The molecule has 0 unspecified atom stereocenters. The summed E-state index contributed by atoms with van der Waals surface area (Å²) in [5, 5.41) is 9.61. The molecule has 3 aromatic rings. The normalized spacial score (nSPS) is 17.6. The first-order chi connectivity index (χ1) is 10.2. The number of aromatic nitrogens is 2. The standard InChI is InChI=1S/C17H15N3O/c1-20-17-15(10-18-20)14(9-16(21)19-17)13-8-4-6-11-5-2-3-7-12(11)13/h2-8,10,14H,9H2,1H3,(H,19,21)/t14-/m0/s1. The van der Waals surface area contributed by atoms with E-state index in [0.29, 0.717) is 6.42 Å². The second-order valence-electron chi connectivity index (χ2n) is 5.45. The van der Waals surface area contributed by atoms with Crippen LogP contribution >= 0.6 is 0 Å². The summed E-state index contributed by atoms with van der Waals surface area (Å²) in [4.78, 5) is 12.0. The fourth-order valence-electron chi connectivity index (χ4n) is 3.17. The molecule has 0 radical (unpaired) electrons. The first-order valence-corrected chi connectivity index (χ1v) is 7.03. The van der Waals surface area contributed by atoms with Crippen molar-refractivity contribution >= 4 is 22.5 Å². The van der Waals surface area contributed by atoms with E-state index in [0.717, 1.165) is 11.4 Å². The van der Waals surface area contributed by atoms with Crippen LogP contribution in [-0.4, -0.2) is 15.7 Å². The van der Waals surface area contributed by atoms with Crippen molar-refractivity contribution in [2.24, 2.45) is 7.05 Å². The molecule has 0 saturated heterocycles. The van der Waals surface area contributed by atoms with Gasteiger partial charge in [0.2, 0.25) is 5.91 Å². The molecule has 1 amide bonds. The van der Waals surface area contributed by atoms with E-state index in [-0.39, 0.29) is 11.8 Å². The van der Waals surface area contributed by atoms with Crippen molar-refractivity contribution < 1.29 is 4.79 Å². The molecule has 2 aromatic carbocycles. The van der Waals surface area contributed by atoms with E-state index in [4.69, 9.17) is 0 Å². The van der Waals surface area contributed by atoms with Crippen molar-refractivity contribution in [1.82, 2.24) is 9.78 Å². The SMILES string of the molecule is Cn1ncc2c1NC(=O)C[C@H]2c1cccc2ccccc12. The molecule has 4 rings (SSSR count). The minimum Gasteiger partial charge on any atom is -0.311 e. The number of nitrogens with one attached hydrogen (secondary N) is 1. The molecule has 0 aliphatic carbocycles. The first kappa shape index (κ1) is 12.1. The molecule has 0 spiro atoms. The van der Waals surface area contributed by atoms with Crippen molar-refractivity contribution in [2.45, 2.75) is 12.3 Å². The Kier molecular flexibility index (Phi) is 2.57. The highest BCUT2D eigenvalue weighted by Crippen LogP contribution is 2.39. The van der Waals surface area contributed by atoms with E-state index >= 15 is 0 Å². The molecule has 1 aliphatic rings. The Morgan fingerprint density at radius 1 is 1.14 bits per heavy atom. The second-order valence-corrected chi connectivity index (χ2v) is 5.45. The number of amides is 1. The van der Waals surface area contributed by atoms with Gasteiger partial charge in [0.15, 0.2) is 0 Å². The smallest absolute Gasteiger partial charge is 0.226 e. The summed E-state index contributed by atoms with van der Waals surface area (Å²) < 4.78 is 1.73. The number of anilines is 1. The van der Waals surface area contributed by atoms with Crippen molar-refractivity contribution in [3.8, 4) is 0 Å². The van der Waals surface area contributed by atoms with Crippen LogP contribution in [0.15, 0.2) is 48.7 Å². The van der Waals surface area contributed by atoms with E-state index in [1.54, 1.807) is 4.68 Å². The van der Waals surface area contributed by atoms with Gasteiger partial charge in [-0.1, -0.05) is 42.5 Å². The summed E-state index contributed by atoms with van der Waals surface area (Å²) in [5.41, 5.74) is 2.28. The summed E-state index contributed by atoms with van der Waals surface area (Å²) in [7, 11) is 1.85. The van der Waals surface area contributed by atoms with Gasteiger partial charge in [-0.2, -0.15) is 5.10 Å². The zero-order chi connectivity index (χ0) is 14.4. The maximum atomic E-state index is 12.0. The van der Waals surface area contributed by atoms with Crippen LogP contribution in [0.1, 0.15) is 23.5 Å². The van der Waals surface area contributed by atoms with Crippen LogP contribution in [0.3, 0.4) is 0 Å². The Morgan fingerprint density at radius 3 is 2.86 bits per heavy atom. The Bertz CT molecular complexity index is 845. The van der Waals surface area contributed by atoms with Gasteiger partial charge in [-0.15, -0.1) is 0 Å². The van der Waals surface area contributed by atoms with Crippen LogP contribution < -0.4 is 5.32 Å². The average Bonchev–Trinajstić information content (AvgIpc) is 2.87. The molecule has 2 heterocycles. The Balaban J connectivity index is 1.95. The lowest BCUT2D eigenvalue weighted by Gasteiger charge is -2.24. The molecule has 21 heavy (non-hydrogen) atoms. The topological polar surface area (TPSA) is 46.9 Å². The second kappa shape index (κ2) is 4.45. The lowest BCUT2D eigenvalue weighted by Crippen LogP contribution is -2.24. The minimum absolute atomic E-state index is 0.0454. The number of aryl methyl sites for hydroxylation is 1. The molecular weight excluding hydrogens is 262 g/mol. The average molecular weight is 277 g/mol. The number of nitrogens with zero attached hydrogens (tertiary/aromatic N) is 2. The van der Waals surface area contributed by atoms with Gasteiger partial charge in [-0.3, -0.25) is 9.48 Å². The summed E-state index contributed by atoms with van der Waals surface area (Å²) in [6, 6.07) is 14.6. The van der Waals surface area contributed by atoms with Gasteiger partial charge >= 0.3 is 0 Å². The van der Waals surface area contributed by atoms with E-state index in [9.17, 15) is 4.79 Å². The molecule has 1 aliphatic heterocycles. The van der Waals surface area contributed by atoms with Crippen LogP contribution in [0.4, 0.5) is 5.82 Å². The van der Waals surface area contributed by atoms with E-state index < -0.39 is 0 Å². The number of benzene rings is 2. The Labute approximate surface area is 122 Å².